The van der Waals surface area contributed by atoms with Crippen LogP contribution in [0.2, 0.25) is 0 Å². The Morgan fingerprint density at radius 2 is 1.95 bits per heavy atom. The molecule has 0 aliphatic heterocycles. The predicted octanol–water partition coefficient (Wildman–Crippen LogP) is 4.85. The zero-order chi connectivity index (χ0) is 16.0. The fraction of sp³-hybridized carbons (Fsp3) is 0.562. The zero-order valence-electron chi connectivity index (χ0n) is 13.5. The van der Waals surface area contributed by atoms with Crippen LogP contribution in [-0.2, 0) is 15.6 Å². The van der Waals surface area contributed by atoms with Gasteiger partial charge in [0.2, 0.25) is 5.91 Å². The van der Waals surface area contributed by atoms with Crippen molar-refractivity contribution in [1.82, 2.24) is 0 Å². The quantitative estimate of drug-likeness (QED) is 0.470. The number of azide groups is 1. The van der Waals surface area contributed by atoms with Crippen LogP contribution in [0, 0.1) is 6.92 Å². The summed E-state index contributed by atoms with van der Waals surface area (Å²) in [5.41, 5.74) is 13.3. The second kappa shape index (κ2) is 4.78. The molecule has 0 spiro atoms. The molecule has 2 rings (SSSR count). The molecule has 1 aromatic rings. The highest BCUT2D eigenvalue weighted by Crippen LogP contribution is 2.54. The van der Waals surface area contributed by atoms with Gasteiger partial charge in [0.25, 0.3) is 0 Å². The minimum absolute atomic E-state index is 0.0144. The Morgan fingerprint density at radius 3 is 2.48 bits per heavy atom. The van der Waals surface area contributed by atoms with Crippen molar-refractivity contribution in [1.29, 1.82) is 0 Å². The SMILES string of the molecule is CC(=O)Nc1cc2c(c(N=[N+]=[N-])c1C)C(C)(C)CC2(C)C. The molecule has 1 aliphatic carbocycles. The first-order chi connectivity index (χ1) is 9.60. The lowest BCUT2D eigenvalue weighted by Crippen LogP contribution is -2.18. The average Bonchev–Trinajstić information content (AvgIpc) is 2.49. The molecule has 0 saturated carbocycles. The van der Waals surface area contributed by atoms with Crippen LogP contribution in [0.25, 0.3) is 10.4 Å². The molecular weight excluding hydrogens is 264 g/mol. The fourth-order valence-corrected chi connectivity index (χ4v) is 3.76. The summed E-state index contributed by atoms with van der Waals surface area (Å²) < 4.78 is 0. The first-order valence-electron chi connectivity index (χ1n) is 7.11. The number of nitrogens with zero attached hydrogens (tertiary/aromatic N) is 3. The van der Waals surface area contributed by atoms with Crippen molar-refractivity contribution in [3.63, 3.8) is 0 Å². The number of amides is 1. The number of hydrogen-bond donors (Lipinski definition) is 1. The third kappa shape index (κ3) is 2.49. The van der Waals surface area contributed by atoms with Crippen molar-refractivity contribution < 1.29 is 4.79 Å². The van der Waals surface area contributed by atoms with Crippen LogP contribution < -0.4 is 5.32 Å². The number of rotatable bonds is 2. The first-order valence-corrected chi connectivity index (χ1v) is 7.11. The second-order valence-electron chi connectivity index (χ2n) is 7.14. The van der Waals surface area contributed by atoms with E-state index in [9.17, 15) is 4.79 Å². The molecule has 1 amide bonds. The van der Waals surface area contributed by atoms with Gasteiger partial charge in [-0.25, -0.2) is 0 Å². The van der Waals surface area contributed by atoms with E-state index in [0.717, 1.165) is 28.8 Å². The highest BCUT2D eigenvalue weighted by Gasteiger charge is 2.44. The van der Waals surface area contributed by atoms with Crippen molar-refractivity contribution in [2.45, 2.75) is 58.8 Å². The van der Waals surface area contributed by atoms with Crippen molar-refractivity contribution >= 4 is 17.3 Å². The minimum Gasteiger partial charge on any atom is -0.326 e. The Hall–Kier alpha value is -2.00. The number of hydrogen-bond acceptors (Lipinski definition) is 2. The summed E-state index contributed by atoms with van der Waals surface area (Å²) in [4.78, 5) is 14.4. The van der Waals surface area contributed by atoms with E-state index in [1.807, 2.05) is 13.0 Å². The van der Waals surface area contributed by atoms with Crippen LogP contribution >= 0.6 is 0 Å². The van der Waals surface area contributed by atoms with Crippen LogP contribution in [0.5, 0.6) is 0 Å². The van der Waals surface area contributed by atoms with E-state index in [0.29, 0.717) is 5.69 Å². The number of carbonyl (C=O) groups is 1. The van der Waals surface area contributed by atoms with Gasteiger partial charge in [0.05, 0.1) is 0 Å². The maximum absolute atomic E-state index is 11.4. The van der Waals surface area contributed by atoms with E-state index in [-0.39, 0.29) is 16.7 Å². The molecule has 0 unspecified atom stereocenters. The van der Waals surface area contributed by atoms with Gasteiger partial charge in [-0.2, -0.15) is 0 Å². The molecule has 0 fully saturated rings. The van der Waals surface area contributed by atoms with Gasteiger partial charge in [-0.05, 0) is 52.5 Å². The Kier molecular flexibility index (Phi) is 3.50. The monoisotopic (exact) mass is 286 g/mol. The molecule has 0 radical (unpaired) electrons. The maximum atomic E-state index is 11.4. The summed E-state index contributed by atoms with van der Waals surface area (Å²) in [5.74, 6) is -0.125. The van der Waals surface area contributed by atoms with Crippen molar-refractivity contribution in [2.75, 3.05) is 5.32 Å². The topological polar surface area (TPSA) is 77.9 Å². The van der Waals surface area contributed by atoms with Gasteiger partial charge in [-0.3, -0.25) is 4.79 Å². The standard InChI is InChI=1S/C16H22N4O/c1-9-12(18-10(2)21)7-11-13(14(9)19-20-17)16(5,6)8-15(11,3)4/h7H,8H2,1-6H3,(H,18,21). The third-order valence-electron chi connectivity index (χ3n) is 4.30. The number of nitrogens with one attached hydrogen (secondary N) is 1. The third-order valence-corrected chi connectivity index (χ3v) is 4.30. The molecule has 0 saturated heterocycles. The molecular formula is C16H22N4O. The van der Waals surface area contributed by atoms with Crippen molar-refractivity contribution in [2.24, 2.45) is 5.11 Å². The highest BCUT2D eigenvalue weighted by atomic mass is 16.1. The van der Waals surface area contributed by atoms with E-state index in [4.69, 9.17) is 5.53 Å². The van der Waals surface area contributed by atoms with Crippen molar-refractivity contribution in [3.05, 3.63) is 33.2 Å². The van der Waals surface area contributed by atoms with Gasteiger partial charge in [-0.15, -0.1) is 0 Å². The smallest absolute Gasteiger partial charge is 0.221 e. The highest BCUT2D eigenvalue weighted by molar-refractivity contribution is 5.91. The molecule has 1 aromatic carbocycles. The molecule has 1 aliphatic rings. The summed E-state index contributed by atoms with van der Waals surface area (Å²) in [6.07, 6.45) is 0.978. The summed E-state index contributed by atoms with van der Waals surface area (Å²) in [6.45, 7) is 12.1. The van der Waals surface area contributed by atoms with Crippen LogP contribution in [0.15, 0.2) is 11.2 Å². The van der Waals surface area contributed by atoms with E-state index < -0.39 is 0 Å². The van der Waals surface area contributed by atoms with Gasteiger partial charge in [-0.1, -0.05) is 32.8 Å². The van der Waals surface area contributed by atoms with E-state index >= 15 is 0 Å². The molecule has 21 heavy (non-hydrogen) atoms. The van der Waals surface area contributed by atoms with E-state index in [1.54, 1.807) is 0 Å². The second-order valence-corrected chi connectivity index (χ2v) is 7.14. The van der Waals surface area contributed by atoms with Crippen molar-refractivity contribution in [3.8, 4) is 0 Å². The molecule has 0 atom stereocenters. The van der Waals surface area contributed by atoms with Gasteiger partial charge in [0, 0.05) is 23.2 Å². The normalized spacial score (nSPS) is 17.8. The predicted molar refractivity (Wildman–Crippen MR) is 85.0 cm³/mol. The summed E-state index contributed by atoms with van der Waals surface area (Å²) >= 11 is 0. The van der Waals surface area contributed by atoms with E-state index in [2.05, 4.69) is 43.0 Å². The lowest BCUT2D eigenvalue weighted by molar-refractivity contribution is -0.114. The molecule has 5 heteroatoms. The Bertz CT molecular complexity index is 667. The number of fused-ring (bicyclic) bond motifs is 1. The number of carbonyl (C=O) groups excluding carboxylic acids is 1. The van der Waals surface area contributed by atoms with Gasteiger partial charge < -0.3 is 5.32 Å². The largest absolute Gasteiger partial charge is 0.326 e. The average molecular weight is 286 g/mol. The summed E-state index contributed by atoms with van der Waals surface area (Å²) in [6, 6.07) is 2.04. The molecule has 5 nitrogen and oxygen atoms in total. The van der Waals surface area contributed by atoms with Crippen LogP contribution in [0.1, 0.15) is 57.7 Å². The van der Waals surface area contributed by atoms with E-state index in [1.165, 1.54) is 6.92 Å². The maximum Gasteiger partial charge on any atom is 0.221 e. The molecule has 0 heterocycles. The van der Waals surface area contributed by atoms with Crippen LogP contribution in [0.3, 0.4) is 0 Å². The fourth-order valence-electron chi connectivity index (χ4n) is 3.76. The molecule has 112 valence electrons. The van der Waals surface area contributed by atoms with Crippen LogP contribution in [0.4, 0.5) is 11.4 Å². The van der Waals surface area contributed by atoms with Crippen LogP contribution in [-0.4, -0.2) is 5.91 Å². The minimum atomic E-state index is -0.125. The van der Waals surface area contributed by atoms with Gasteiger partial charge >= 0.3 is 0 Å². The summed E-state index contributed by atoms with van der Waals surface area (Å²) in [5, 5.41) is 6.78. The van der Waals surface area contributed by atoms with Gasteiger partial charge in [0.1, 0.15) is 0 Å². The molecule has 0 bridgehead atoms. The molecule has 1 N–H and O–H groups in total. The number of anilines is 1. The Morgan fingerprint density at radius 1 is 1.33 bits per heavy atom. The lowest BCUT2D eigenvalue weighted by atomic mass is 9.81. The molecule has 0 aromatic heterocycles. The summed E-state index contributed by atoms with van der Waals surface area (Å²) in [7, 11) is 0. The lowest BCUT2D eigenvalue weighted by Gasteiger charge is -2.23. The number of benzene rings is 1. The first kappa shape index (κ1) is 15.4. The Balaban J connectivity index is 2.83. The Labute approximate surface area is 125 Å². The zero-order valence-corrected chi connectivity index (χ0v) is 13.5. The van der Waals surface area contributed by atoms with Gasteiger partial charge in [0.15, 0.2) is 0 Å².